The Kier molecular flexibility index (Phi) is 4.39. The van der Waals surface area contributed by atoms with E-state index in [1.807, 2.05) is 0 Å². The SMILES string of the molecule is CC1(C)CCCCC1Nc1ccc(N2CCOCC2)cc1. The largest absolute Gasteiger partial charge is 0.382 e. The van der Waals surface area contributed by atoms with Crippen LogP contribution in [-0.4, -0.2) is 32.3 Å². The summed E-state index contributed by atoms with van der Waals surface area (Å²) in [6.07, 6.45) is 5.35. The molecule has 1 aromatic rings. The minimum atomic E-state index is 0.404. The monoisotopic (exact) mass is 288 g/mol. The zero-order chi connectivity index (χ0) is 14.7. The number of hydrogen-bond acceptors (Lipinski definition) is 3. The summed E-state index contributed by atoms with van der Waals surface area (Å²) >= 11 is 0. The molecule has 2 fully saturated rings. The van der Waals surface area contributed by atoms with Crippen molar-refractivity contribution in [2.24, 2.45) is 5.41 Å². The number of nitrogens with one attached hydrogen (secondary N) is 1. The average molecular weight is 288 g/mol. The first-order valence-electron chi connectivity index (χ1n) is 8.34. The summed E-state index contributed by atoms with van der Waals surface area (Å²) in [6.45, 7) is 8.48. The Bertz CT molecular complexity index is 449. The lowest BCUT2D eigenvalue weighted by atomic mass is 9.73. The molecule has 3 nitrogen and oxygen atoms in total. The van der Waals surface area contributed by atoms with Gasteiger partial charge in [-0.05, 0) is 42.5 Å². The third-order valence-electron chi connectivity index (χ3n) is 5.09. The lowest BCUT2D eigenvalue weighted by molar-refractivity contribution is 0.122. The molecule has 1 aromatic carbocycles. The summed E-state index contributed by atoms with van der Waals surface area (Å²) in [7, 11) is 0. The van der Waals surface area contributed by atoms with Crippen LogP contribution in [0.4, 0.5) is 11.4 Å². The molecule has 1 aliphatic heterocycles. The molecule has 1 aliphatic carbocycles. The van der Waals surface area contributed by atoms with Gasteiger partial charge in [0.05, 0.1) is 13.2 Å². The fourth-order valence-corrected chi connectivity index (χ4v) is 3.55. The second-order valence-electron chi connectivity index (χ2n) is 7.08. The molecule has 0 aromatic heterocycles. The number of morpholine rings is 1. The van der Waals surface area contributed by atoms with Gasteiger partial charge in [-0.15, -0.1) is 0 Å². The number of ether oxygens (including phenoxy) is 1. The highest BCUT2D eigenvalue weighted by atomic mass is 16.5. The Labute approximate surface area is 128 Å². The van der Waals surface area contributed by atoms with Gasteiger partial charge in [0.25, 0.3) is 0 Å². The van der Waals surface area contributed by atoms with Gasteiger partial charge in [0.2, 0.25) is 0 Å². The molecular weight excluding hydrogens is 260 g/mol. The summed E-state index contributed by atoms with van der Waals surface area (Å²) in [4.78, 5) is 2.40. The predicted octanol–water partition coefficient (Wildman–Crippen LogP) is 3.90. The van der Waals surface area contributed by atoms with Crippen LogP contribution in [0, 0.1) is 5.41 Å². The van der Waals surface area contributed by atoms with Crippen molar-refractivity contribution >= 4 is 11.4 Å². The van der Waals surface area contributed by atoms with Gasteiger partial charge in [-0.2, -0.15) is 0 Å². The molecule has 1 heterocycles. The van der Waals surface area contributed by atoms with Crippen molar-refractivity contribution in [2.75, 3.05) is 36.5 Å². The van der Waals surface area contributed by atoms with Gasteiger partial charge in [0.15, 0.2) is 0 Å². The van der Waals surface area contributed by atoms with Gasteiger partial charge in [-0.1, -0.05) is 26.7 Å². The Morgan fingerprint density at radius 2 is 1.81 bits per heavy atom. The molecule has 0 bridgehead atoms. The van der Waals surface area contributed by atoms with Crippen LogP contribution in [0.3, 0.4) is 0 Å². The van der Waals surface area contributed by atoms with Crippen molar-refractivity contribution in [3.05, 3.63) is 24.3 Å². The summed E-state index contributed by atoms with van der Waals surface area (Å²) in [5.41, 5.74) is 2.97. The molecule has 1 saturated carbocycles. The molecular formula is C18H28N2O. The van der Waals surface area contributed by atoms with Crippen molar-refractivity contribution in [3.63, 3.8) is 0 Å². The van der Waals surface area contributed by atoms with E-state index >= 15 is 0 Å². The molecule has 3 rings (SSSR count). The molecule has 1 atom stereocenters. The van der Waals surface area contributed by atoms with Crippen LogP contribution in [0.5, 0.6) is 0 Å². The third-order valence-corrected chi connectivity index (χ3v) is 5.09. The molecule has 1 N–H and O–H groups in total. The second kappa shape index (κ2) is 6.27. The van der Waals surface area contributed by atoms with Gasteiger partial charge in [-0.25, -0.2) is 0 Å². The van der Waals surface area contributed by atoms with Crippen molar-refractivity contribution in [3.8, 4) is 0 Å². The lowest BCUT2D eigenvalue weighted by Crippen LogP contribution is -2.39. The van der Waals surface area contributed by atoms with E-state index in [0.717, 1.165) is 26.3 Å². The third kappa shape index (κ3) is 3.52. The Morgan fingerprint density at radius 3 is 2.48 bits per heavy atom. The van der Waals surface area contributed by atoms with Gasteiger partial charge in [0.1, 0.15) is 0 Å². The van der Waals surface area contributed by atoms with E-state index in [0.29, 0.717) is 11.5 Å². The van der Waals surface area contributed by atoms with Crippen LogP contribution in [0.25, 0.3) is 0 Å². The number of anilines is 2. The fourth-order valence-electron chi connectivity index (χ4n) is 3.55. The number of benzene rings is 1. The van der Waals surface area contributed by atoms with E-state index in [-0.39, 0.29) is 0 Å². The Morgan fingerprint density at radius 1 is 1.10 bits per heavy atom. The van der Waals surface area contributed by atoms with Crippen LogP contribution in [0.2, 0.25) is 0 Å². The summed E-state index contributed by atoms with van der Waals surface area (Å²) in [5.74, 6) is 0. The first-order valence-corrected chi connectivity index (χ1v) is 8.34. The normalized spacial score (nSPS) is 25.6. The Balaban J connectivity index is 1.63. The lowest BCUT2D eigenvalue weighted by Gasteiger charge is -2.39. The first kappa shape index (κ1) is 14.7. The standard InChI is InChI=1S/C18H28N2O/c1-18(2)10-4-3-5-17(18)19-15-6-8-16(9-7-15)20-11-13-21-14-12-20/h6-9,17,19H,3-5,10-14H2,1-2H3. The van der Waals surface area contributed by atoms with Crippen LogP contribution in [-0.2, 0) is 4.74 Å². The van der Waals surface area contributed by atoms with Crippen molar-refractivity contribution in [1.29, 1.82) is 0 Å². The van der Waals surface area contributed by atoms with Crippen LogP contribution >= 0.6 is 0 Å². The van der Waals surface area contributed by atoms with Crippen LogP contribution in [0.15, 0.2) is 24.3 Å². The van der Waals surface area contributed by atoms with Crippen LogP contribution in [0.1, 0.15) is 39.5 Å². The molecule has 21 heavy (non-hydrogen) atoms. The molecule has 1 saturated heterocycles. The summed E-state index contributed by atoms with van der Waals surface area (Å²) < 4.78 is 5.41. The quantitative estimate of drug-likeness (QED) is 0.913. The number of nitrogens with zero attached hydrogens (tertiary/aromatic N) is 1. The molecule has 3 heteroatoms. The van der Waals surface area contributed by atoms with Crippen molar-refractivity contribution in [1.82, 2.24) is 0 Å². The van der Waals surface area contributed by atoms with Gasteiger partial charge in [-0.3, -0.25) is 0 Å². The minimum Gasteiger partial charge on any atom is -0.382 e. The smallest absolute Gasteiger partial charge is 0.0642 e. The van der Waals surface area contributed by atoms with E-state index in [1.165, 1.54) is 37.1 Å². The maximum absolute atomic E-state index is 5.41. The highest BCUT2D eigenvalue weighted by molar-refractivity contribution is 5.55. The highest BCUT2D eigenvalue weighted by Crippen LogP contribution is 2.37. The van der Waals surface area contributed by atoms with Crippen molar-refractivity contribution < 1.29 is 4.74 Å². The zero-order valence-electron chi connectivity index (χ0n) is 13.4. The highest BCUT2D eigenvalue weighted by Gasteiger charge is 2.31. The maximum Gasteiger partial charge on any atom is 0.0642 e. The molecule has 1 unspecified atom stereocenters. The molecule has 2 aliphatic rings. The zero-order valence-corrected chi connectivity index (χ0v) is 13.4. The van der Waals surface area contributed by atoms with Gasteiger partial charge in [0, 0.05) is 30.5 Å². The van der Waals surface area contributed by atoms with E-state index in [1.54, 1.807) is 0 Å². The first-order chi connectivity index (χ1) is 10.1. The van der Waals surface area contributed by atoms with Gasteiger partial charge < -0.3 is 15.0 Å². The summed E-state index contributed by atoms with van der Waals surface area (Å²) in [6, 6.07) is 9.54. The van der Waals surface area contributed by atoms with E-state index < -0.39 is 0 Å². The average Bonchev–Trinajstić information content (AvgIpc) is 2.51. The van der Waals surface area contributed by atoms with Crippen molar-refractivity contribution in [2.45, 2.75) is 45.6 Å². The van der Waals surface area contributed by atoms with E-state index in [4.69, 9.17) is 4.74 Å². The minimum absolute atomic E-state index is 0.404. The summed E-state index contributed by atoms with van der Waals surface area (Å²) in [5, 5.41) is 3.76. The molecule has 0 amide bonds. The van der Waals surface area contributed by atoms with E-state index in [9.17, 15) is 0 Å². The Hall–Kier alpha value is -1.22. The van der Waals surface area contributed by atoms with Crippen LogP contribution < -0.4 is 10.2 Å². The predicted molar refractivity (Wildman–Crippen MR) is 89.1 cm³/mol. The fraction of sp³-hybridized carbons (Fsp3) is 0.667. The maximum atomic E-state index is 5.41. The topological polar surface area (TPSA) is 24.5 Å². The van der Waals surface area contributed by atoms with E-state index in [2.05, 4.69) is 48.3 Å². The molecule has 116 valence electrons. The number of rotatable bonds is 3. The number of hydrogen-bond donors (Lipinski definition) is 1. The molecule has 0 radical (unpaired) electrons. The molecule has 0 spiro atoms. The second-order valence-corrected chi connectivity index (χ2v) is 7.08. The van der Waals surface area contributed by atoms with Gasteiger partial charge >= 0.3 is 0 Å².